The number of amides is 1. The van der Waals surface area contributed by atoms with Gasteiger partial charge in [-0.05, 0) is 42.8 Å². The predicted octanol–water partition coefficient (Wildman–Crippen LogP) is 3.13. The monoisotopic (exact) mass is 487 g/mol. The van der Waals surface area contributed by atoms with Crippen LogP contribution in [0.3, 0.4) is 0 Å². The number of carbonyl (C=O) groups excluding carboxylic acids is 2. The third-order valence-electron chi connectivity index (χ3n) is 4.95. The molecule has 0 radical (unpaired) electrons. The molecule has 1 atom stereocenters. The standard InChI is InChI=1S/C24H25NO8S/c1-16(23(26)25-14-17-9-10-20(30-2)21(13-17)31-3)33-24(27)22-18(11-12-32-22)15-34(28,29)19-7-5-4-6-8-19/h4-13,16H,14-15H2,1-3H3,(H,25,26). The molecular weight excluding hydrogens is 462 g/mol. The zero-order valence-corrected chi connectivity index (χ0v) is 19.8. The van der Waals surface area contributed by atoms with Gasteiger partial charge in [-0.25, -0.2) is 13.2 Å². The molecule has 1 unspecified atom stereocenters. The van der Waals surface area contributed by atoms with Gasteiger partial charge in [0.1, 0.15) is 0 Å². The fourth-order valence-corrected chi connectivity index (χ4v) is 4.51. The molecule has 1 amide bonds. The molecule has 1 N–H and O–H groups in total. The van der Waals surface area contributed by atoms with Crippen LogP contribution in [0, 0.1) is 0 Å². The van der Waals surface area contributed by atoms with E-state index in [9.17, 15) is 18.0 Å². The molecule has 0 aliphatic heterocycles. The zero-order valence-electron chi connectivity index (χ0n) is 18.9. The number of hydrogen-bond acceptors (Lipinski definition) is 8. The lowest BCUT2D eigenvalue weighted by Crippen LogP contribution is -2.35. The molecule has 2 aromatic carbocycles. The van der Waals surface area contributed by atoms with Crippen molar-refractivity contribution >= 4 is 21.7 Å². The van der Waals surface area contributed by atoms with Gasteiger partial charge in [0.15, 0.2) is 27.4 Å². The molecular formula is C24H25NO8S. The van der Waals surface area contributed by atoms with E-state index in [4.69, 9.17) is 18.6 Å². The fraction of sp³-hybridized carbons (Fsp3) is 0.250. The number of sulfone groups is 1. The lowest BCUT2D eigenvalue weighted by Gasteiger charge is -2.14. The second-order valence-electron chi connectivity index (χ2n) is 7.30. The summed E-state index contributed by atoms with van der Waals surface area (Å²) in [6.45, 7) is 1.58. The molecule has 0 aliphatic carbocycles. The number of methoxy groups -OCH3 is 2. The van der Waals surface area contributed by atoms with Crippen molar-refractivity contribution in [2.45, 2.75) is 30.2 Å². The molecule has 9 nitrogen and oxygen atoms in total. The first-order chi connectivity index (χ1) is 16.2. The molecule has 0 bridgehead atoms. The van der Waals surface area contributed by atoms with Crippen molar-refractivity contribution in [2.75, 3.05) is 14.2 Å². The first-order valence-electron chi connectivity index (χ1n) is 10.3. The van der Waals surface area contributed by atoms with Crippen LogP contribution in [-0.2, 0) is 31.7 Å². The number of rotatable bonds is 10. The number of benzene rings is 2. The first kappa shape index (κ1) is 24.8. The minimum atomic E-state index is -3.70. The van der Waals surface area contributed by atoms with Gasteiger partial charge in [0, 0.05) is 12.1 Å². The maximum Gasteiger partial charge on any atom is 0.375 e. The number of furan rings is 1. The smallest absolute Gasteiger partial charge is 0.375 e. The quantitative estimate of drug-likeness (QED) is 0.433. The summed E-state index contributed by atoms with van der Waals surface area (Å²) in [5, 5.41) is 2.67. The Kier molecular flexibility index (Phi) is 7.95. The second-order valence-corrected chi connectivity index (χ2v) is 9.29. The van der Waals surface area contributed by atoms with E-state index in [0.29, 0.717) is 11.5 Å². The molecule has 0 aliphatic rings. The molecule has 0 saturated heterocycles. The number of esters is 1. The van der Waals surface area contributed by atoms with E-state index in [2.05, 4.69) is 5.32 Å². The average Bonchev–Trinajstić information content (AvgIpc) is 3.30. The van der Waals surface area contributed by atoms with Crippen molar-refractivity contribution in [1.82, 2.24) is 5.32 Å². The Morgan fingerprint density at radius 3 is 2.38 bits per heavy atom. The molecule has 1 heterocycles. The van der Waals surface area contributed by atoms with E-state index in [1.54, 1.807) is 36.4 Å². The molecule has 3 rings (SSSR count). The Morgan fingerprint density at radius 2 is 1.71 bits per heavy atom. The molecule has 180 valence electrons. The highest BCUT2D eigenvalue weighted by Gasteiger charge is 2.26. The summed E-state index contributed by atoms with van der Waals surface area (Å²) >= 11 is 0. The van der Waals surface area contributed by atoms with Crippen LogP contribution >= 0.6 is 0 Å². The van der Waals surface area contributed by atoms with E-state index >= 15 is 0 Å². The van der Waals surface area contributed by atoms with Gasteiger partial charge in [-0.1, -0.05) is 24.3 Å². The van der Waals surface area contributed by atoms with E-state index < -0.39 is 33.6 Å². The summed E-state index contributed by atoms with van der Waals surface area (Å²) in [6, 6.07) is 14.5. The van der Waals surface area contributed by atoms with Crippen LogP contribution in [0.15, 0.2) is 70.2 Å². The molecule has 10 heteroatoms. The molecule has 3 aromatic rings. The highest BCUT2D eigenvalue weighted by molar-refractivity contribution is 7.90. The van der Waals surface area contributed by atoms with Gasteiger partial charge in [0.2, 0.25) is 5.76 Å². The Morgan fingerprint density at radius 1 is 1.00 bits per heavy atom. The average molecular weight is 488 g/mol. The molecule has 34 heavy (non-hydrogen) atoms. The van der Waals surface area contributed by atoms with Gasteiger partial charge in [-0.2, -0.15) is 0 Å². The van der Waals surface area contributed by atoms with Crippen LogP contribution in [-0.4, -0.2) is 40.6 Å². The normalized spacial score (nSPS) is 12.0. The fourth-order valence-electron chi connectivity index (χ4n) is 3.14. The minimum absolute atomic E-state index is 0.124. The summed E-state index contributed by atoms with van der Waals surface area (Å²) < 4.78 is 46.1. The van der Waals surface area contributed by atoms with Gasteiger partial charge in [-0.3, -0.25) is 4.79 Å². The number of hydrogen-bond donors (Lipinski definition) is 1. The zero-order chi connectivity index (χ0) is 24.7. The largest absolute Gasteiger partial charge is 0.493 e. The van der Waals surface area contributed by atoms with Gasteiger partial charge in [-0.15, -0.1) is 0 Å². The van der Waals surface area contributed by atoms with Crippen molar-refractivity contribution in [1.29, 1.82) is 0 Å². The predicted molar refractivity (Wildman–Crippen MR) is 122 cm³/mol. The second kappa shape index (κ2) is 10.9. The van der Waals surface area contributed by atoms with Gasteiger partial charge >= 0.3 is 5.97 Å². The van der Waals surface area contributed by atoms with E-state index in [-0.39, 0.29) is 22.8 Å². The number of nitrogens with one attached hydrogen (secondary N) is 1. The van der Waals surface area contributed by atoms with Gasteiger partial charge in [0.25, 0.3) is 5.91 Å². The summed E-state index contributed by atoms with van der Waals surface area (Å²) in [4.78, 5) is 25.1. The van der Waals surface area contributed by atoms with E-state index in [1.807, 2.05) is 0 Å². The van der Waals surface area contributed by atoms with Crippen molar-refractivity contribution < 1.29 is 36.6 Å². The SMILES string of the molecule is COc1ccc(CNC(=O)C(C)OC(=O)c2occc2CS(=O)(=O)c2ccccc2)cc1OC. The van der Waals surface area contributed by atoms with Crippen molar-refractivity contribution in [3.8, 4) is 11.5 Å². The van der Waals surface area contributed by atoms with Gasteiger partial charge < -0.3 is 23.9 Å². The molecule has 1 aromatic heterocycles. The highest BCUT2D eigenvalue weighted by Crippen LogP contribution is 2.27. The van der Waals surface area contributed by atoms with E-state index in [1.165, 1.54) is 45.6 Å². The molecule has 0 spiro atoms. The van der Waals surface area contributed by atoms with Crippen LogP contribution in [0.25, 0.3) is 0 Å². The molecule has 0 saturated carbocycles. The lowest BCUT2D eigenvalue weighted by atomic mass is 10.2. The highest BCUT2D eigenvalue weighted by atomic mass is 32.2. The molecule has 0 fully saturated rings. The Hall–Kier alpha value is -3.79. The Balaban J connectivity index is 1.61. The number of ether oxygens (including phenoxy) is 3. The van der Waals surface area contributed by atoms with Crippen LogP contribution < -0.4 is 14.8 Å². The van der Waals surface area contributed by atoms with Crippen molar-refractivity contribution in [3.05, 3.63) is 77.7 Å². The van der Waals surface area contributed by atoms with E-state index in [0.717, 1.165) is 5.56 Å². The topological polar surface area (TPSA) is 121 Å². The van der Waals surface area contributed by atoms with Crippen LogP contribution in [0.4, 0.5) is 0 Å². The third kappa shape index (κ3) is 5.96. The summed E-state index contributed by atoms with van der Waals surface area (Å²) in [6.07, 6.45) is 0.0603. The minimum Gasteiger partial charge on any atom is -0.493 e. The van der Waals surface area contributed by atoms with Crippen molar-refractivity contribution in [2.24, 2.45) is 0 Å². The maximum absolute atomic E-state index is 12.6. The maximum atomic E-state index is 12.6. The van der Waals surface area contributed by atoms with Crippen LogP contribution in [0.5, 0.6) is 11.5 Å². The number of carbonyl (C=O) groups is 2. The summed E-state index contributed by atoms with van der Waals surface area (Å²) in [5.74, 6) is -1.10. The summed E-state index contributed by atoms with van der Waals surface area (Å²) in [5.41, 5.74) is 0.899. The first-order valence-corrected chi connectivity index (χ1v) is 11.9. The van der Waals surface area contributed by atoms with Crippen LogP contribution in [0.1, 0.15) is 28.6 Å². The Labute approximate surface area is 197 Å². The van der Waals surface area contributed by atoms with Crippen LogP contribution in [0.2, 0.25) is 0 Å². The van der Waals surface area contributed by atoms with Gasteiger partial charge in [0.05, 0.1) is 31.1 Å². The summed E-state index contributed by atoms with van der Waals surface area (Å²) in [7, 11) is -0.666. The third-order valence-corrected chi connectivity index (χ3v) is 6.63. The Bertz CT molecular complexity index is 1250. The lowest BCUT2D eigenvalue weighted by molar-refractivity contribution is -0.129. The van der Waals surface area contributed by atoms with Crippen molar-refractivity contribution in [3.63, 3.8) is 0 Å².